The molecule has 1 atom stereocenters. The van der Waals surface area contributed by atoms with Gasteiger partial charge in [-0.1, -0.05) is 37.3 Å². The highest BCUT2D eigenvalue weighted by molar-refractivity contribution is 5.22. The van der Waals surface area contributed by atoms with Gasteiger partial charge in [0.1, 0.15) is 0 Å². The Morgan fingerprint density at radius 2 is 1.78 bits per heavy atom. The lowest BCUT2D eigenvalue weighted by atomic mass is 9.99. The molecule has 2 nitrogen and oxygen atoms in total. The van der Waals surface area contributed by atoms with Crippen LogP contribution < -0.4 is 5.32 Å². The van der Waals surface area contributed by atoms with Crippen molar-refractivity contribution in [2.75, 3.05) is 6.54 Å². The number of benzene rings is 1. The minimum Gasteiger partial charge on any atom is -0.310 e. The second-order valence-corrected chi connectivity index (χ2v) is 4.48. The van der Waals surface area contributed by atoms with Crippen LogP contribution in [-0.4, -0.2) is 11.5 Å². The van der Waals surface area contributed by atoms with Gasteiger partial charge in [-0.3, -0.25) is 4.98 Å². The van der Waals surface area contributed by atoms with Crippen LogP contribution in [0.4, 0.5) is 0 Å². The van der Waals surface area contributed by atoms with Crippen LogP contribution in [-0.2, 0) is 6.42 Å². The molecular formula is C16H20N2. The van der Waals surface area contributed by atoms with Crippen molar-refractivity contribution in [1.82, 2.24) is 10.3 Å². The molecular weight excluding hydrogens is 220 g/mol. The van der Waals surface area contributed by atoms with Crippen molar-refractivity contribution < 1.29 is 0 Å². The van der Waals surface area contributed by atoms with Crippen molar-refractivity contribution in [2.24, 2.45) is 0 Å². The van der Waals surface area contributed by atoms with Gasteiger partial charge in [-0.25, -0.2) is 0 Å². The average molecular weight is 240 g/mol. The summed E-state index contributed by atoms with van der Waals surface area (Å²) in [6, 6.07) is 15.2. The number of nitrogens with one attached hydrogen (secondary N) is 1. The highest BCUT2D eigenvalue weighted by atomic mass is 14.9. The first-order valence-electron chi connectivity index (χ1n) is 6.57. The third-order valence-electron chi connectivity index (χ3n) is 3.03. The van der Waals surface area contributed by atoms with E-state index in [0.717, 1.165) is 19.4 Å². The molecule has 1 N–H and O–H groups in total. The largest absolute Gasteiger partial charge is 0.310 e. The Bertz CT molecular complexity index is 439. The molecule has 1 aromatic carbocycles. The Morgan fingerprint density at radius 3 is 2.44 bits per heavy atom. The minimum atomic E-state index is 0.383. The number of hydrogen-bond acceptors (Lipinski definition) is 2. The van der Waals surface area contributed by atoms with Gasteiger partial charge in [0.05, 0.1) is 0 Å². The topological polar surface area (TPSA) is 24.9 Å². The number of pyridine rings is 1. The van der Waals surface area contributed by atoms with Crippen LogP contribution in [0.1, 0.15) is 30.5 Å². The normalized spacial score (nSPS) is 12.3. The zero-order valence-corrected chi connectivity index (χ0v) is 10.8. The molecule has 1 aromatic heterocycles. The van der Waals surface area contributed by atoms with Crippen molar-refractivity contribution in [2.45, 2.75) is 25.8 Å². The molecule has 2 heteroatoms. The zero-order chi connectivity index (χ0) is 12.6. The van der Waals surface area contributed by atoms with Gasteiger partial charge in [0, 0.05) is 18.4 Å². The van der Waals surface area contributed by atoms with E-state index < -0.39 is 0 Å². The van der Waals surface area contributed by atoms with Gasteiger partial charge in [-0.05, 0) is 42.6 Å². The molecule has 0 aliphatic carbocycles. The van der Waals surface area contributed by atoms with E-state index in [-0.39, 0.29) is 0 Å². The van der Waals surface area contributed by atoms with E-state index in [4.69, 9.17) is 0 Å². The van der Waals surface area contributed by atoms with Crippen molar-refractivity contribution in [1.29, 1.82) is 0 Å². The SMILES string of the molecule is CCCNC(Cc1ccncc1)c1ccccc1. The zero-order valence-electron chi connectivity index (χ0n) is 10.8. The predicted octanol–water partition coefficient (Wildman–Crippen LogP) is 3.37. The smallest absolute Gasteiger partial charge is 0.0360 e. The lowest BCUT2D eigenvalue weighted by molar-refractivity contribution is 0.529. The standard InChI is InChI=1S/C16H20N2/c1-2-10-18-16(15-6-4-3-5-7-15)13-14-8-11-17-12-9-14/h3-9,11-12,16,18H,2,10,13H2,1H3. The fourth-order valence-corrected chi connectivity index (χ4v) is 2.07. The minimum absolute atomic E-state index is 0.383. The molecule has 0 spiro atoms. The number of aromatic nitrogens is 1. The molecule has 94 valence electrons. The van der Waals surface area contributed by atoms with E-state index in [1.165, 1.54) is 11.1 Å². The highest BCUT2D eigenvalue weighted by Gasteiger charge is 2.10. The van der Waals surface area contributed by atoms with Gasteiger partial charge in [-0.2, -0.15) is 0 Å². The maximum atomic E-state index is 4.07. The molecule has 2 rings (SSSR count). The second kappa shape index (κ2) is 6.92. The van der Waals surface area contributed by atoms with Crippen LogP contribution in [0.25, 0.3) is 0 Å². The van der Waals surface area contributed by atoms with Gasteiger partial charge >= 0.3 is 0 Å². The first kappa shape index (κ1) is 12.8. The average Bonchev–Trinajstić information content (AvgIpc) is 2.45. The van der Waals surface area contributed by atoms with Crippen molar-refractivity contribution in [3.05, 3.63) is 66.0 Å². The summed E-state index contributed by atoms with van der Waals surface area (Å²) >= 11 is 0. The van der Waals surface area contributed by atoms with Crippen molar-refractivity contribution in [3.63, 3.8) is 0 Å². The molecule has 0 bridgehead atoms. The summed E-state index contributed by atoms with van der Waals surface area (Å²) in [5.41, 5.74) is 2.67. The second-order valence-electron chi connectivity index (χ2n) is 4.48. The maximum absolute atomic E-state index is 4.07. The Labute approximate surface area is 109 Å². The Morgan fingerprint density at radius 1 is 1.06 bits per heavy atom. The molecule has 0 fully saturated rings. The van der Waals surface area contributed by atoms with Gasteiger partial charge in [0.25, 0.3) is 0 Å². The summed E-state index contributed by atoms with van der Waals surface area (Å²) in [5.74, 6) is 0. The summed E-state index contributed by atoms with van der Waals surface area (Å²) < 4.78 is 0. The summed E-state index contributed by atoms with van der Waals surface area (Å²) in [6.45, 7) is 3.24. The van der Waals surface area contributed by atoms with E-state index in [1.807, 2.05) is 12.4 Å². The Balaban J connectivity index is 2.10. The molecule has 0 saturated carbocycles. The molecule has 0 aliphatic heterocycles. The quantitative estimate of drug-likeness (QED) is 0.837. The molecule has 0 aliphatic rings. The van der Waals surface area contributed by atoms with Crippen LogP contribution in [0.5, 0.6) is 0 Å². The summed E-state index contributed by atoms with van der Waals surface area (Å²) in [7, 11) is 0. The molecule has 0 saturated heterocycles. The van der Waals surface area contributed by atoms with Crippen LogP contribution in [0.2, 0.25) is 0 Å². The Kier molecular flexibility index (Phi) is 4.91. The van der Waals surface area contributed by atoms with Crippen LogP contribution >= 0.6 is 0 Å². The summed E-state index contributed by atoms with van der Waals surface area (Å²) in [6.07, 6.45) is 5.88. The van der Waals surface area contributed by atoms with Crippen molar-refractivity contribution >= 4 is 0 Å². The van der Waals surface area contributed by atoms with Crippen LogP contribution in [0.15, 0.2) is 54.9 Å². The lowest BCUT2D eigenvalue weighted by Crippen LogP contribution is -2.24. The first-order valence-corrected chi connectivity index (χ1v) is 6.57. The predicted molar refractivity (Wildman–Crippen MR) is 75.4 cm³/mol. The number of nitrogens with zero attached hydrogens (tertiary/aromatic N) is 1. The van der Waals surface area contributed by atoms with E-state index in [0.29, 0.717) is 6.04 Å². The summed E-state index contributed by atoms with van der Waals surface area (Å²) in [5, 5.41) is 3.61. The third-order valence-corrected chi connectivity index (χ3v) is 3.03. The van der Waals surface area contributed by atoms with Gasteiger partial charge in [0.15, 0.2) is 0 Å². The monoisotopic (exact) mass is 240 g/mol. The Hall–Kier alpha value is -1.67. The van der Waals surface area contributed by atoms with Crippen LogP contribution in [0.3, 0.4) is 0 Å². The van der Waals surface area contributed by atoms with Crippen LogP contribution in [0, 0.1) is 0 Å². The fourth-order valence-electron chi connectivity index (χ4n) is 2.07. The van der Waals surface area contributed by atoms with E-state index in [9.17, 15) is 0 Å². The van der Waals surface area contributed by atoms with E-state index >= 15 is 0 Å². The summed E-state index contributed by atoms with van der Waals surface area (Å²) in [4.78, 5) is 4.07. The van der Waals surface area contributed by atoms with E-state index in [2.05, 4.69) is 59.7 Å². The fraction of sp³-hybridized carbons (Fsp3) is 0.312. The molecule has 1 unspecified atom stereocenters. The highest BCUT2D eigenvalue weighted by Crippen LogP contribution is 2.17. The van der Waals surface area contributed by atoms with Crippen molar-refractivity contribution in [3.8, 4) is 0 Å². The van der Waals surface area contributed by atoms with Gasteiger partial charge < -0.3 is 5.32 Å². The van der Waals surface area contributed by atoms with Gasteiger partial charge in [-0.15, -0.1) is 0 Å². The number of hydrogen-bond donors (Lipinski definition) is 1. The number of rotatable bonds is 6. The molecule has 0 amide bonds. The molecule has 18 heavy (non-hydrogen) atoms. The molecule has 0 radical (unpaired) electrons. The van der Waals surface area contributed by atoms with E-state index in [1.54, 1.807) is 0 Å². The molecule has 2 aromatic rings. The van der Waals surface area contributed by atoms with Gasteiger partial charge in [0.2, 0.25) is 0 Å². The third kappa shape index (κ3) is 3.67. The molecule has 1 heterocycles. The maximum Gasteiger partial charge on any atom is 0.0360 e. The lowest BCUT2D eigenvalue weighted by Gasteiger charge is -2.19. The first-order chi connectivity index (χ1) is 8.90.